The Hall–Kier alpha value is -1.28. The molecule has 1 nitrogen and oxygen atoms in total. The van der Waals surface area contributed by atoms with Crippen LogP contribution in [0, 0.1) is 0 Å². The summed E-state index contributed by atoms with van der Waals surface area (Å²) in [7, 11) is 0. The van der Waals surface area contributed by atoms with Crippen molar-refractivity contribution in [2.24, 2.45) is 0 Å². The van der Waals surface area contributed by atoms with Gasteiger partial charge in [0.1, 0.15) is 5.75 Å². The maximum Gasteiger partial charge on any atom is 0.115 e. The number of benzene rings is 2. The van der Waals surface area contributed by atoms with Gasteiger partial charge in [0.2, 0.25) is 0 Å². The van der Waals surface area contributed by atoms with Crippen LogP contribution < -0.4 is 0 Å². The quantitative estimate of drug-likeness (QED) is 0.863. The van der Waals surface area contributed by atoms with E-state index in [2.05, 4.69) is 35.0 Å². The van der Waals surface area contributed by atoms with E-state index in [-0.39, 0.29) is 0 Å². The zero-order valence-electron chi connectivity index (χ0n) is 9.07. The lowest BCUT2D eigenvalue weighted by Crippen LogP contribution is -1.88. The van der Waals surface area contributed by atoms with E-state index < -0.39 is 0 Å². The highest BCUT2D eigenvalue weighted by Crippen LogP contribution is 2.30. The van der Waals surface area contributed by atoms with E-state index in [0.29, 0.717) is 5.75 Å². The standard InChI is InChI=1S/C14H13BrO/c1-2-12-13(4-3-5-14(12)15)10-6-8-11(16)9-7-10/h3-9,16H,2H2,1H3. The third-order valence-corrected chi connectivity index (χ3v) is 3.39. The fourth-order valence-electron chi connectivity index (χ4n) is 1.83. The molecule has 2 aromatic carbocycles. The van der Waals surface area contributed by atoms with Gasteiger partial charge in [0.15, 0.2) is 0 Å². The minimum atomic E-state index is 0.303. The minimum absolute atomic E-state index is 0.303. The Morgan fingerprint density at radius 3 is 2.38 bits per heavy atom. The number of hydrogen-bond donors (Lipinski definition) is 1. The molecular weight excluding hydrogens is 264 g/mol. The van der Waals surface area contributed by atoms with Gasteiger partial charge in [0, 0.05) is 4.47 Å². The molecule has 0 spiro atoms. The number of hydrogen-bond acceptors (Lipinski definition) is 1. The van der Waals surface area contributed by atoms with Crippen LogP contribution in [-0.2, 0) is 6.42 Å². The molecule has 0 amide bonds. The van der Waals surface area contributed by atoms with E-state index in [4.69, 9.17) is 0 Å². The number of rotatable bonds is 2. The molecule has 0 radical (unpaired) electrons. The molecule has 0 aliphatic heterocycles. The molecule has 0 saturated heterocycles. The first-order valence-corrected chi connectivity index (χ1v) is 6.08. The molecule has 0 unspecified atom stereocenters. The summed E-state index contributed by atoms with van der Waals surface area (Å²) in [5.74, 6) is 0.303. The first kappa shape index (κ1) is 11.2. The zero-order chi connectivity index (χ0) is 11.5. The molecule has 0 heterocycles. The molecule has 0 atom stereocenters. The van der Waals surface area contributed by atoms with E-state index in [9.17, 15) is 5.11 Å². The molecule has 16 heavy (non-hydrogen) atoms. The topological polar surface area (TPSA) is 20.2 Å². The largest absolute Gasteiger partial charge is 0.508 e. The summed E-state index contributed by atoms with van der Waals surface area (Å²) in [6.45, 7) is 2.14. The predicted molar refractivity (Wildman–Crippen MR) is 70.6 cm³/mol. The smallest absolute Gasteiger partial charge is 0.115 e. The van der Waals surface area contributed by atoms with Gasteiger partial charge in [-0.05, 0) is 41.3 Å². The molecule has 0 bridgehead atoms. The summed E-state index contributed by atoms with van der Waals surface area (Å²) in [4.78, 5) is 0. The maximum atomic E-state index is 9.28. The molecule has 2 heteroatoms. The highest BCUT2D eigenvalue weighted by molar-refractivity contribution is 9.10. The molecule has 2 aromatic rings. The molecule has 1 N–H and O–H groups in total. The summed E-state index contributed by atoms with van der Waals surface area (Å²) in [6.07, 6.45) is 0.984. The Morgan fingerprint density at radius 1 is 1.06 bits per heavy atom. The Labute approximate surface area is 104 Å². The molecule has 2 rings (SSSR count). The second kappa shape index (κ2) is 4.71. The first-order chi connectivity index (χ1) is 7.72. The SMILES string of the molecule is CCc1c(Br)cccc1-c1ccc(O)cc1. The summed E-state index contributed by atoms with van der Waals surface area (Å²) in [5.41, 5.74) is 3.65. The number of phenols is 1. The van der Waals surface area contributed by atoms with Gasteiger partial charge in [-0.1, -0.05) is 47.1 Å². The Bertz CT molecular complexity index is 489. The van der Waals surface area contributed by atoms with Gasteiger partial charge >= 0.3 is 0 Å². The lowest BCUT2D eigenvalue weighted by Gasteiger charge is -2.10. The third kappa shape index (κ3) is 2.12. The maximum absolute atomic E-state index is 9.28. The van der Waals surface area contributed by atoms with E-state index in [1.54, 1.807) is 12.1 Å². The lowest BCUT2D eigenvalue weighted by molar-refractivity contribution is 0.475. The van der Waals surface area contributed by atoms with Crippen LogP contribution >= 0.6 is 15.9 Å². The summed E-state index contributed by atoms with van der Waals surface area (Å²) in [5, 5.41) is 9.28. The van der Waals surface area contributed by atoms with Crippen LogP contribution in [0.1, 0.15) is 12.5 Å². The van der Waals surface area contributed by atoms with Crippen LogP contribution in [-0.4, -0.2) is 5.11 Å². The van der Waals surface area contributed by atoms with Crippen molar-refractivity contribution in [1.29, 1.82) is 0 Å². The number of phenolic OH excluding ortho intramolecular Hbond substituents is 1. The van der Waals surface area contributed by atoms with Gasteiger partial charge < -0.3 is 5.11 Å². The summed E-state index contributed by atoms with van der Waals surface area (Å²) >= 11 is 3.57. The summed E-state index contributed by atoms with van der Waals surface area (Å²) < 4.78 is 1.14. The van der Waals surface area contributed by atoms with Crippen molar-refractivity contribution >= 4 is 15.9 Å². The van der Waals surface area contributed by atoms with Gasteiger partial charge in [0.05, 0.1) is 0 Å². The highest BCUT2D eigenvalue weighted by Gasteiger charge is 2.06. The van der Waals surface area contributed by atoms with Crippen LogP contribution in [0.3, 0.4) is 0 Å². The van der Waals surface area contributed by atoms with Crippen LogP contribution in [0.4, 0.5) is 0 Å². The lowest BCUT2D eigenvalue weighted by atomic mass is 9.98. The van der Waals surface area contributed by atoms with Crippen molar-refractivity contribution in [2.45, 2.75) is 13.3 Å². The van der Waals surface area contributed by atoms with Crippen molar-refractivity contribution in [3.63, 3.8) is 0 Å². The van der Waals surface area contributed by atoms with Gasteiger partial charge in [-0.2, -0.15) is 0 Å². The van der Waals surface area contributed by atoms with Crippen LogP contribution in [0.25, 0.3) is 11.1 Å². The fraction of sp³-hybridized carbons (Fsp3) is 0.143. The normalized spacial score (nSPS) is 10.4. The molecule has 0 fully saturated rings. The van der Waals surface area contributed by atoms with Gasteiger partial charge in [-0.25, -0.2) is 0 Å². The molecule has 82 valence electrons. The minimum Gasteiger partial charge on any atom is -0.508 e. The van der Waals surface area contributed by atoms with Gasteiger partial charge in [-0.15, -0.1) is 0 Å². The third-order valence-electron chi connectivity index (χ3n) is 2.65. The molecule has 0 aromatic heterocycles. The molecule has 0 aliphatic carbocycles. The van der Waals surface area contributed by atoms with Crippen molar-refractivity contribution < 1.29 is 5.11 Å². The van der Waals surface area contributed by atoms with E-state index in [1.165, 1.54) is 11.1 Å². The second-order valence-corrected chi connectivity index (χ2v) is 4.52. The number of halogens is 1. The van der Waals surface area contributed by atoms with E-state index >= 15 is 0 Å². The van der Waals surface area contributed by atoms with Crippen LogP contribution in [0.15, 0.2) is 46.9 Å². The van der Waals surface area contributed by atoms with Crippen molar-refractivity contribution in [3.05, 3.63) is 52.5 Å². The highest BCUT2D eigenvalue weighted by atomic mass is 79.9. The fourth-order valence-corrected chi connectivity index (χ4v) is 2.48. The van der Waals surface area contributed by atoms with Gasteiger partial charge in [-0.3, -0.25) is 0 Å². The molecule has 0 aliphatic rings. The Kier molecular flexibility index (Phi) is 3.30. The van der Waals surface area contributed by atoms with E-state index in [0.717, 1.165) is 16.5 Å². The average Bonchev–Trinajstić information content (AvgIpc) is 2.30. The predicted octanol–water partition coefficient (Wildman–Crippen LogP) is 4.38. The van der Waals surface area contributed by atoms with Gasteiger partial charge in [0.25, 0.3) is 0 Å². The second-order valence-electron chi connectivity index (χ2n) is 3.67. The monoisotopic (exact) mass is 276 g/mol. The van der Waals surface area contributed by atoms with Crippen LogP contribution in [0.5, 0.6) is 5.75 Å². The molecular formula is C14H13BrO. The van der Waals surface area contributed by atoms with E-state index in [1.807, 2.05) is 18.2 Å². The van der Waals surface area contributed by atoms with Crippen molar-refractivity contribution in [2.75, 3.05) is 0 Å². The first-order valence-electron chi connectivity index (χ1n) is 5.29. The van der Waals surface area contributed by atoms with Crippen LogP contribution in [0.2, 0.25) is 0 Å². The molecule has 0 saturated carbocycles. The number of aromatic hydroxyl groups is 1. The Balaban J connectivity index is 2.55. The zero-order valence-corrected chi connectivity index (χ0v) is 10.7. The average molecular weight is 277 g/mol. The Morgan fingerprint density at radius 2 is 1.75 bits per heavy atom. The summed E-state index contributed by atoms with van der Waals surface area (Å²) in [6, 6.07) is 13.5. The van der Waals surface area contributed by atoms with Crippen molar-refractivity contribution in [3.8, 4) is 16.9 Å². The van der Waals surface area contributed by atoms with Crippen molar-refractivity contribution in [1.82, 2.24) is 0 Å².